The molecular weight excluding hydrogens is 456 g/mol. The van der Waals surface area contributed by atoms with E-state index in [4.69, 9.17) is 5.73 Å². The zero-order valence-electron chi connectivity index (χ0n) is 18.5. The number of carbonyl (C=O) groups excluding carboxylic acids is 3. The quantitative estimate of drug-likeness (QED) is 0.354. The summed E-state index contributed by atoms with van der Waals surface area (Å²) < 4.78 is 0. The largest absolute Gasteiger partial charge is 0.477 e. The maximum absolute atomic E-state index is 12.7. The molecule has 12 heteroatoms. The molecule has 3 aliphatic heterocycles. The highest BCUT2D eigenvalue weighted by Crippen LogP contribution is 2.52. The number of hydrogen-bond acceptors (Lipinski definition) is 8. The highest BCUT2D eigenvalue weighted by Gasteiger charge is 2.60. The molecule has 178 valence electrons. The molecule has 32 heavy (non-hydrogen) atoms. The van der Waals surface area contributed by atoms with Gasteiger partial charge in [-0.15, -0.1) is 23.5 Å². The minimum atomic E-state index is -1.15. The van der Waals surface area contributed by atoms with Gasteiger partial charge in [-0.05, 0) is 19.1 Å². The summed E-state index contributed by atoms with van der Waals surface area (Å²) in [6, 6.07) is -1.35. The number of urea groups is 1. The second kappa shape index (κ2) is 9.62. The number of imide groups is 1. The number of carboxylic acids is 1. The number of aliphatic hydroxyl groups is 1. The predicted octanol–water partition coefficient (Wildman–Crippen LogP) is 0.263. The summed E-state index contributed by atoms with van der Waals surface area (Å²) in [5.41, 5.74) is 5.26. The van der Waals surface area contributed by atoms with E-state index in [1.165, 1.54) is 35.5 Å². The number of aliphatic carboxylic acids is 1. The van der Waals surface area contributed by atoms with E-state index < -0.39 is 29.3 Å². The van der Waals surface area contributed by atoms with Crippen molar-refractivity contribution in [1.82, 2.24) is 15.1 Å². The fraction of sp³-hybridized carbons (Fsp3) is 0.700. The molecule has 0 aromatic carbocycles. The number of nitrogens with one attached hydrogen (secondary N) is 1. The number of fused-ring (bicyclic) bond motifs is 1. The Hall–Kier alpha value is -1.76. The standard InChI is InChI=1S/C20H30N4O6S2/c1-5-31-16(18(27)23(4)20(21)30)11-6-10(7-22-11)32-15-8(2)13-12(9(3)25)17(26)24(13)14(15)19(28)29/h8-13,16,22,25H,5-7H2,1-4H3,(H2,21,30)(H,28,29)/t8-,9-,10+,11+,12-,13-,16?/m1/s1. The number of carboxylic acid groups (broad SMARTS) is 1. The maximum Gasteiger partial charge on any atom is 0.353 e. The van der Waals surface area contributed by atoms with E-state index in [0.717, 1.165) is 4.90 Å². The molecular formula is C20H30N4O6S2. The van der Waals surface area contributed by atoms with Gasteiger partial charge in [-0.3, -0.25) is 14.5 Å². The van der Waals surface area contributed by atoms with Crippen LogP contribution in [-0.4, -0.2) is 91.9 Å². The molecule has 3 heterocycles. The first-order valence-corrected chi connectivity index (χ1v) is 12.5. The zero-order chi connectivity index (χ0) is 23.9. The number of rotatable bonds is 8. The van der Waals surface area contributed by atoms with Crippen molar-refractivity contribution in [2.24, 2.45) is 17.6 Å². The molecule has 0 spiro atoms. The summed E-state index contributed by atoms with van der Waals surface area (Å²) in [5.74, 6) is -1.98. The number of β-lactam (4-membered cyclic amide) rings is 1. The van der Waals surface area contributed by atoms with Gasteiger partial charge in [0, 0.05) is 35.7 Å². The van der Waals surface area contributed by atoms with Crippen LogP contribution in [0.2, 0.25) is 0 Å². The van der Waals surface area contributed by atoms with Gasteiger partial charge >= 0.3 is 12.0 Å². The van der Waals surface area contributed by atoms with Crippen LogP contribution >= 0.6 is 23.5 Å². The van der Waals surface area contributed by atoms with Crippen molar-refractivity contribution >= 4 is 47.3 Å². The lowest BCUT2D eigenvalue weighted by Crippen LogP contribution is -2.63. The number of nitrogens with two attached hydrogens (primary N) is 1. The highest BCUT2D eigenvalue weighted by molar-refractivity contribution is 8.03. The summed E-state index contributed by atoms with van der Waals surface area (Å²) in [5, 5.41) is 22.6. The molecule has 0 aromatic heterocycles. The van der Waals surface area contributed by atoms with Crippen LogP contribution in [0, 0.1) is 11.8 Å². The summed E-state index contributed by atoms with van der Waals surface area (Å²) in [6.45, 7) is 5.93. The van der Waals surface area contributed by atoms with Crippen molar-refractivity contribution in [2.75, 3.05) is 19.3 Å². The summed E-state index contributed by atoms with van der Waals surface area (Å²) >= 11 is 2.86. The van der Waals surface area contributed by atoms with Crippen molar-refractivity contribution in [3.8, 4) is 0 Å². The molecule has 4 amide bonds. The van der Waals surface area contributed by atoms with Crippen molar-refractivity contribution in [3.63, 3.8) is 0 Å². The summed E-state index contributed by atoms with van der Waals surface area (Å²) in [6.07, 6.45) is -0.245. The Labute approximate surface area is 195 Å². The van der Waals surface area contributed by atoms with Gasteiger partial charge in [-0.1, -0.05) is 13.8 Å². The SMILES string of the molecule is CCSC(C(=O)N(C)C(N)=O)[C@@H]1C[C@H](SC2=C(C(=O)O)N3C(=O)[C@H]([C@@H](C)O)[C@H]3[C@H]2C)CN1. The maximum atomic E-state index is 12.7. The van der Waals surface area contributed by atoms with E-state index in [2.05, 4.69) is 5.32 Å². The van der Waals surface area contributed by atoms with Crippen LogP contribution in [0.15, 0.2) is 10.6 Å². The number of thioether (sulfide) groups is 2. The average molecular weight is 487 g/mol. The van der Waals surface area contributed by atoms with Gasteiger partial charge < -0.3 is 26.2 Å². The Morgan fingerprint density at radius 2 is 2.03 bits per heavy atom. The average Bonchev–Trinajstić information content (AvgIpc) is 3.26. The third kappa shape index (κ3) is 4.25. The van der Waals surface area contributed by atoms with E-state index in [0.29, 0.717) is 23.6 Å². The molecule has 0 bridgehead atoms. The smallest absolute Gasteiger partial charge is 0.353 e. The van der Waals surface area contributed by atoms with Gasteiger partial charge in [0.2, 0.25) is 11.8 Å². The normalized spacial score (nSPS) is 31.2. The first-order valence-electron chi connectivity index (χ1n) is 10.6. The highest BCUT2D eigenvalue weighted by atomic mass is 32.2. The van der Waals surface area contributed by atoms with E-state index in [1.807, 2.05) is 13.8 Å². The lowest BCUT2D eigenvalue weighted by Gasteiger charge is -2.46. The van der Waals surface area contributed by atoms with Gasteiger partial charge in [-0.25, -0.2) is 9.59 Å². The van der Waals surface area contributed by atoms with Gasteiger partial charge in [0.05, 0.1) is 23.3 Å². The van der Waals surface area contributed by atoms with Gasteiger partial charge in [0.1, 0.15) is 5.70 Å². The number of carbonyl (C=O) groups is 4. The molecule has 10 nitrogen and oxygen atoms in total. The Morgan fingerprint density at radius 3 is 2.56 bits per heavy atom. The summed E-state index contributed by atoms with van der Waals surface area (Å²) in [4.78, 5) is 51.5. The Bertz CT molecular complexity index is 850. The Balaban J connectivity index is 1.75. The molecule has 7 atom stereocenters. The second-order valence-electron chi connectivity index (χ2n) is 8.37. The first-order chi connectivity index (χ1) is 15.0. The first kappa shape index (κ1) is 24.9. The lowest BCUT2D eigenvalue weighted by atomic mass is 9.79. The van der Waals surface area contributed by atoms with Crippen molar-refractivity contribution in [2.45, 2.75) is 55.9 Å². The molecule has 2 fully saturated rings. The second-order valence-corrected chi connectivity index (χ2v) is 11.1. The number of nitrogens with zero attached hydrogens (tertiary/aromatic N) is 2. The predicted molar refractivity (Wildman–Crippen MR) is 122 cm³/mol. The Morgan fingerprint density at radius 1 is 1.38 bits per heavy atom. The lowest BCUT2D eigenvalue weighted by molar-refractivity contribution is -0.163. The topological polar surface area (TPSA) is 153 Å². The fourth-order valence-corrected chi connectivity index (χ4v) is 7.34. The van der Waals surface area contributed by atoms with Gasteiger partial charge in [-0.2, -0.15) is 0 Å². The molecule has 0 aromatic rings. The van der Waals surface area contributed by atoms with Gasteiger partial charge in [0.25, 0.3) is 0 Å². The third-order valence-electron chi connectivity index (χ3n) is 6.35. The monoisotopic (exact) mass is 486 g/mol. The van der Waals surface area contributed by atoms with Crippen LogP contribution in [0.1, 0.15) is 27.2 Å². The van der Waals surface area contributed by atoms with Crippen LogP contribution in [0.5, 0.6) is 0 Å². The number of primary amides is 1. The van der Waals surface area contributed by atoms with Crippen molar-refractivity contribution in [1.29, 1.82) is 0 Å². The molecule has 0 saturated carbocycles. The molecule has 3 aliphatic rings. The molecule has 5 N–H and O–H groups in total. The van der Waals surface area contributed by atoms with Crippen LogP contribution in [0.3, 0.4) is 0 Å². The van der Waals surface area contributed by atoms with Crippen molar-refractivity contribution < 1.29 is 29.4 Å². The molecule has 1 unspecified atom stereocenters. The van der Waals surface area contributed by atoms with E-state index in [-0.39, 0.29) is 40.8 Å². The molecule has 0 radical (unpaired) electrons. The fourth-order valence-electron chi connectivity index (χ4n) is 4.75. The molecule has 3 rings (SSSR count). The van der Waals surface area contributed by atoms with Crippen LogP contribution < -0.4 is 11.1 Å². The number of hydrogen-bond donors (Lipinski definition) is 4. The third-order valence-corrected chi connectivity index (χ3v) is 9.08. The van der Waals surface area contributed by atoms with E-state index in [1.54, 1.807) is 6.92 Å². The number of aliphatic hydroxyl groups excluding tert-OH is 1. The minimum absolute atomic E-state index is 0.00173. The molecule has 0 aliphatic carbocycles. The van der Waals surface area contributed by atoms with Crippen LogP contribution in [0.25, 0.3) is 0 Å². The van der Waals surface area contributed by atoms with Gasteiger partial charge in [0.15, 0.2) is 0 Å². The Kier molecular flexibility index (Phi) is 7.48. The number of amides is 4. The van der Waals surface area contributed by atoms with Crippen LogP contribution in [0.4, 0.5) is 4.79 Å². The van der Waals surface area contributed by atoms with E-state index in [9.17, 15) is 29.4 Å². The zero-order valence-corrected chi connectivity index (χ0v) is 20.1. The summed E-state index contributed by atoms with van der Waals surface area (Å²) in [7, 11) is 1.36. The van der Waals surface area contributed by atoms with Crippen molar-refractivity contribution in [3.05, 3.63) is 10.6 Å². The molecule has 2 saturated heterocycles. The minimum Gasteiger partial charge on any atom is -0.477 e. The van der Waals surface area contributed by atoms with E-state index >= 15 is 0 Å². The van der Waals surface area contributed by atoms with Crippen LogP contribution in [-0.2, 0) is 14.4 Å².